The van der Waals surface area contributed by atoms with Crippen molar-refractivity contribution in [1.29, 1.82) is 0 Å². The van der Waals surface area contributed by atoms with Gasteiger partial charge in [-0.1, -0.05) is 57.2 Å². The van der Waals surface area contributed by atoms with Crippen LogP contribution in [0.25, 0.3) is 0 Å². The van der Waals surface area contributed by atoms with Crippen LogP contribution in [-0.4, -0.2) is 17.6 Å². The number of amides is 2. The van der Waals surface area contributed by atoms with Crippen molar-refractivity contribution in [2.24, 2.45) is 0 Å². The average Bonchev–Trinajstić information content (AvgIpc) is 3.14. The van der Waals surface area contributed by atoms with E-state index in [0.717, 1.165) is 24.1 Å². The van der Waals surface area contributed by atoms with E-state index in [1.165, 1.54) is 43.5 Å². The molecule has 1 fully saturated rings. The Labute approximate surface area is 188 Å². The molecule has 31 heavy (non-hydrogen) atoms. The van der Waals surface area contributed by atoms with Crippen molar-refractivity contribution in [2.45, 2.75) is 64.2 Å². The molecule has 0 bridgehead atoms. The van der Waals surface area contributed by atoms with Crippen molar-refractivity contribution < 1.29 is 14.0 Å². The molecule has 2 aromatic carbocycles. The van der Waals surface area contributed by atoms with Gasteiger partial charge in [0.05, 0.1) is 5.75 Å². The van der Waals surface area contributed by atoms with Crippen LogP contribution in [0.2, 0.25) is 0 Å². The first kappa shape index (κ1) is 23.3. The second-order valence-corrected chi connectivity index (χ2v) is 9.12. The highest BCUT2D eigenvalue weighted by Crippen LogP contribution is 2.42. The molecule has 1 heterocycles. The van der Waals surface area contributed by atoms with Crippen LogP contribution in [0.4, 0.5) is 15.8 Å². The zero-order valence-corrected chi connectivity index (χ0v) is 19.1. The maximum atomic E-state index is 14.1. The molecule has 0 spiro atoms. The number of carbonyl (C=O) groups is 2. The largest absolute Gasteiger partial charge is 0.326 e. The van der Waals surface area contributed by atoms with Crippen LogP contribution in [0.5, 0.6) is 0 Å². The van der Waals surface area contributed by atoms with Gasteiger partial charge in [0.2, 0.25) is 11.8 Å². The predicted molar refractivity (Wildman–Crippen MR) is 127 cm³/mol. The minimum atomic E-state index is -0.323. The molecular weight excluding hydrogens is 411 g/mol. The lowest BCUT2D eigenvalue weighted by molar-refractivity contribution is -0.117. The summed E-state index contributed by atoms with van der Waals surface area (Å²) in [6, 6.07) is 12.5. The number of anilines is 2. The number of halogens is 1. The lowest BCUT2D eigenvalue weighted by atomic mass is 10.1. The molecule has 2 amide bonds. The van der Waals surface area contributed by atoms with Gasteiger partial charge in [0, 0.05) is 17.8 Å². The molecule has 1 N–H and O–H groups in total. The molecule has 0 radical (unpaired) electrons. The fraction of sp³-hybridized carbons (Fsp3) is 0.440. The summed E-state index contributed by atoms with van der Waals surface area (Å²) in [5.74, 6) is -0.0120. The van der Waals surface area contributed by atoms with E-state index < -0.39 is 0 Å². The highest BCUT2D eigenvalue weighted by Gasteiger charge is 2.34. The number of benzene rings is 2. The molecule has 1 aliphatic rings. The summed E-state index contributed by atoms with van der Waals surface area (Å²) in [6.07, 6.45) is 7.39. The molecule has 1 saturated heterocycles. The van der Waals surface area contributed by atoms with Crippen molar-refractivity contribution in [3.63, 3.8) is 0 Å². The SMILES string of the molecule is CCCCCCCCC(=O)Nc1cccc([C@H]2SCC(=O)N2c2ccc(C)c(F)c2)c1. The number of carbonyl (C=O) groups excluding carboxylic acids is 2. The van der Waals surface area contributed by atoms with E-state index >= 15 is 0 Å². The maximum absolute atomic E-state index is 14.1. The van der Waals surface area contributed by atoms with E-state index in [4.69, 9.17) is 0 Å². The lowest BCUT2D eigenvalue weighted by Crippen LogP contribution is -2.28. The highest BCUT2D eigenvalue weighted by molar-refractivity contribution is 8.00. The third-order valence-corrected chi connectivity index (χ3v) is 6.73. The third kappa shape index (κ3) is 6.33. The van der Waals surface area contributed by atoms with E-state index in [9.17, 15) is 14.0 Å². The summed E-state index contributed by atoms with van der Waals surface area (Å²) in [5, 5.41) is 2.73. The van der Waals surface area contributed by atoms with Crippen LogP contribution in [-0.2, 0) is 9.59 Å². The molecule has 0 aromatic heterocycles. The summed E-state index contributed by atoms with van der Waals surface area (Å²) < 4.78 is 14.1. The quantitative estimate of drug-likeness (QED) is 0.422. The van der Waals surface area contributed by atoms with Crippen LogP contribution in [0.1, 0.15) is 68.4 Å². The van der Waals surface area contributed by atoms with E-state index in [0.29, 0.717) is 23.4 Å². The summed E-state index contributed by atoms with van der Waals surface area (Å²) in [5.41, 5.74) is 2.74. The fourth-order valence-corrected chi connectivity index (χ4v) is 4.91. The van der Waals surface area contributed by atoms with Crippen LogP contribution in [0.15, 0.2) is 42.5 Å². The first-order valence-corrected chi connectivity index (χ1v) is 12.1. The number of unbranched alkanes of at least 4 members (excludes halogenated alkanes) is 5. The molecule has 3 rings (SSSR count). The van der Waals surface area contributed by atoms with Crippen molar-refractivity contribution >= 4 is 35.0 Å². The Morgan fingerprint density at radius 3 is 2.68 bits per heavy atom. The lowest BCUT2D eigenvalue weighted by Gasteiger charge is -2.25. The molecule has 0 saturated carbocycles. The van der Waals surface area contributed by atoms with Gasteiger partial charge in [0.15, 0.2) is 0 Å². The van der Waals surface area contributed by atoms with E-state index in [-0.39, 0.29) is 23.0 Å². The van der Waals surface area contributed by atoms with Crippen LogP contribution in [0, 0.1) is 12.7 Å². The Bertz CT molecular complexity index is 918. The number of aryl methyl sites for hydroxylation is 1. The Hall–Kier alpha value is -2.34. The van der Waals surface area contributed by atoms with Gasteiger partial charge in [0.1, 0.15) is 11.2 Å². The van der Waals surface area contributed by atoms with E-state index in [1.54, 1.807) is 24.0 Å². The fourth-order valence-electron chi connectivity index (χ4n) is 3.74. The second kappa shape index (κ2) is 11.3. The third-order valence-electron chi connectivity index (χ3n) is 5.51. The highest BCUT2D eigenvalue weighted by atomic mass is 32.2. The van der Waals surface area contributed by atoms with Crippen molar-refractivity contribution in [1.82, 2.24) is 0 Å². The van der Waals surface area contributed by atoms with Crippen LogP contribution < -0.4 is 10.2 Å². The molecule has 0 unspecified atom stereocenters. The molecule has 0 aliphatic carbocycles. The van der Waals surface area contributed by atoms with E-state index in [2.05, 4.69) is 12.2 Å². The summed E-state index contributed by atoms with van der Waals surface area (Å²) in [6.45, 7) is 3.90. The smallest absolute Gasteiger partial charge is 0.238 e. The zero-order chi connectivity index (χ0) is 22.2. The molecule has 166 valence electrons. The maximum Gasteiger partial charge on any atom is 0.238 e. The number of hydrogen-bond acceptors (Lipinski definition) is 3. The summed E-state index contributed by atoms with van der Waals surface area (Å²) >= 11 is 1.51. The van der Waals surface area contributed by atoms with E-state index in [1.807, 2.05) is 24.3 Å². The molecule has 6 heteroatoms. The van der Waals surface area contributed by atoms with Crippen molar-refractivity contribution in [2.75, 3.05) is 16.0 Å². The van der Waals surface area contributed by atoms with Gasteiger partial charge in [-0.2, -0.15) is 0 Å². The molecular formula is C25H31FN2O2S. The van der Waals surface area contributed by atoms with Crippen molar-refractivity contribution in [3.8, 4) is 0 Å². The Morgan fingerprint density at radius 2 is 1.90 bits per heavy atom. The summed E-state index contributed by atoms with van der Waals surface area (Å²) in [7, 11) is 0. The topological polar surface area (TPSA) is 49.4 Å². The number of thioether (sulfide) groups is 1. The number of nitrogens with one attached hydrogen (secondary N) is 1. The summed E-state index contributed by atoms with van der Waals surface area (Å²) in [4.78, 5) is 26.5. The number of rotatable bonds is 10. The molecule has 1 aliphatic heterocycles. The van der Waals surface area contributed by atoms with Gasteiger partial charge in [-0.3, -0.25) is 14.5 Å². The zero-order valence-electron chi connectivity index (χ0n) is 18.3. The Morgan fingerprint density at radius 1 is 1.13 bits per heavy atom. The average molecular weight is 443 g/mol. The standard InChI is InChI=1S/C25H31FN2O2S/c1-3-4-5-6-7-8-12-23(29)27-20-11-9-10-19(15-20)25-28(24(30)17-31-25)21-14-13-18(2)22(26)16-21/h9-11,13-16,25H,3-8,12,17H2,1-2H3,(H,27,29)/t25-/m1/s1. The number of hydrogen-bond donors (Lipinski definition) is 1. The van der Waals surface area contributed by atoms with Gasteiger partial charge in [-0.05, 0) is 48.7 Å². The van der Waals surface area contributed by atoms with Gasteiger partial charge in [-0.25, -0.2) is 4.39 Å². The molecule has 1 atom stereocenters. The Balaban J connectivity index is 1.64. The molecule has 2 aromatic rings. The molecule has 4 nitrogen and oxygen atoms in total. The van der Waals surface area contributed by atoms with Gasteiger partial charge < -0.3 is 5.32 Å². The monoisotopic (exact) mass is 442 g/mol. The first-order valence-electron chi connectivity index (χ1n) is 11.1. The van der Waals surface area contributed by atoms with Gasteiger partial charge in [-0.15, -0.1) is 11.8 Å². The minimum absolute atomic E-state index is 0.0141. The van der Waals surface area contributed by atoms with Crippen LogP contribution in [0.3, 0.4) is 0 Å². The van der Waals surface area contributed by atoms with Crippen LogP contribution >= 0.6 is 11.8 Å². The van der Waals surface area contributed by atoms with Gasteiger partial charge in [0.25, 0.3) is 0 Å². The predicted octanol–water partition coefficient (Wildman–Crippen LogP) is 6.60. The Kier molecular flexibility index (Phi) is 8.52. The number of nitrogens with zero attached hydrogens (tertiary/aromatic N) is 1. The van der Waals surface area contributed by atoms with Gasteiger partial charge >= 0.3 is 0 Å². The first-order chi connectivity index (χ1) is 15.0. The minimum Gasteiger partial charge on any atom is -0.326 e. The second-order valence-electron chi connectivity index (χ2n) is 8.05. The van der Waals surface area contributed by atoms with Crippen molar-refractivity contribution in [3.05, 3.63) is 59.4 Å². The normalized spacial score (nSPS) is 16.0.